The first-order valence-electron chi connectivity index (χ1n) is 5.89. The SMILES string of the molecule is NCc1ccnc(OCCC2CCCN2)c1. The average molecular weight is 221 g/mol. The van der Waals surface area contributed by atoms with Crippen molar-refractivity contribution in [3.8, 4) is 5.88 Å². The van der Waals surface area contributed by atoms with E-state index >= 15 is 0 Å². The number of nitrogens with zero attached hydrogens (tertiary/aromatic N) is 1. The van der Waals surface area contributed by atoms with Crippen LogP contribution in [0.3, 0.4) is 0 Å². The largest absolute Gasteiger partial charge is 0.478 e. The quantitative estimate of drug-likeness (QED) is 0.780. The van der Waals surface area contributed by atoms with Gasteiger partial charge >= 0.3 is 0 Å². The summed E-state index contributed by atoms with van der Waals surface area (Å²) in [6.45, 7) is 2.40. The van der Waals surface area contributed by atoms with Gasteiger partial charge in [-0.2, -0.15) is 0 Å². The molecule has 1 unspecified atom stereocenters. The summed E-state index contributed by atoms with van der Waals surface area (Å²) < 4.78 is 5.60. The van der Waals surface area contributed by atoms with Gasteiger partial charge in [-0.05, 0) is 37.4 Å². The molecular formula is C12H19N3O. The Bertz CT molecular complexity index is 324. The van der Waals surface area contributed by atoms with E-state index in [0.29, 0.717) is 18.5 Å². The fraction of sp³-hybridized carbons (Fsp3) is 0.583. The molecule has 1 saturated heterocycles. The molecule has 1 fully saturated rings. The molecule has 0 bridgehead atoms. The van der Waals surface area contributed by atoms with Gasteiger partial charge in [0.1, 0.15) is 0 Å². The van der Waals surface area contributed by atoms with E-state index in [9.17, 15) is 0 Å². The molecular weight excluding hydrogens is 202 g/mol. The maximum atomic E-state index is 5.60. The van der Waals surface area contributed by atoms with Crippen LogP contribution in [0.5, 0.6) is 5.88 Å². The molecule has 0 radical (unpaired) electrons. The first kappa shape index (κ1) is 11.4. The van der Waals surface area contributed by atoms with Crippen molar-refractivity contribution in [2.45, 2.75) is 31.8 Å². The molecule has 1 aromatic heterocycles. The first-order chi connectivity index (χ1) is 7.88. The Kier molecular flexibility index (Phi) is 4.13. The average Bonchev–Trinajstić information content (AvgIpc) is 2.82. The predicted octanol–water partition coefficient (Wildman–Crippen LogP) is 1.06. The van der Waals surface area contributed by atoms with Crippen LogP contribution in [0.2, 0.25) is 0 Å². The highest BCUT2D eigenvalue weighted by atomic mass is 16.5. The first-order valence-corrected chi connectivity index (χ1v) is 5.89. The van der Waals surface area contributed by atoms with E-state index in [1.165, 1.54) is 12.8 Å². The Morgan fingerprint density at radius 1 is 1.56 bits per heavy atom. The van der Waals surface area contributed by atoms with Crippen molar-refractivity contribution in [1.82, 2.24) is 10.3 Å². The van der Waals surface area contributed by atoms with Crippen LogP contribution >= 0.6 is 0 Å². The van der Waals surface area contributed by atoms with E-state index in [1.807, 2.05) is 12.1 Å². The molecule has 1 atom stereocenters. The number of rotatable bonds is 5. The lowest BCUT2D eigenvalue weighted by molar-refractivity contribution is 0.282. The topological polar surface area (TPSA) is 60.2 Å². The van der Waals surface area contributed by atoms with Gasteiger partial charge in [0.15, 0.2) is 0 Å². The van der Waals surface area contributed by atoms with Gasteiger partial charge in [0.05, 0.1) is 6.61 Å². The fourth-order valence-corrected chi connectivity index (χ4v) is 1.97. The van der Waals surface area contributed by atoms with E-state index in [4.69, 9.17) is 10.5 Å². The molecule has 0 aliphatic carbocycles. The van der Waals surface area contributed by atoms with Gasteiger partial charge in [0.2, 0.25) is 5.88 Å². The molecule has 16 heavy (non-hydrogen) atoms. The summed E-state index contributed by atoms with van der Waals surface area (Å²) in [4.78, 5) is 4.15. The second-order valence-corrected chi connectivity index (χ2v) is 4.14. The fourth-order valence-electron chi connectivity index (χ4n) is 1.97. The molecule has 1 aliphatic heterocycles. The maximum absolute atomic E-state index is 5.60. The molecule has 0 aromatic carbocycles. The van der Waals surface area contributed by atoms with Crippen LogP contribution in [-0.4, -0.2) is 24.2 Å². The lowest BCUT2D eigenvalue weighted by Crippen LogP contribution is -2.23. The Balaban J connectivity index is 1.75. The minimum Gasteiger partial charge on any atom is -0.478 e. The summed E-state index contributed by atoms with van der Waals surface area (Å²) in [5, 5.41) is 3.44. The van der Waals surface area contributed by atoms with Crippen LogP contribution in [0.15, 0.2) is 18.3 Å². The van der Waals surface area contributed by atoms with Crippen LogP contribution in [0.1, 0.15) is 24.8 Å². The van der Waals surface area contributed by atoms with Crippen LogP contribution in [0.25, 0.3) is 0 Å². The molecule has 0 spiro atoms. The number of hydrogen-bond donors (Lipinski definition) is 2. The van der Waals surface area contributed by atoms with Crippen LogP contribution in [0, 0.1) is 0 Å². The second kappa shape index (κ2) is 5.82. The van der Waals surface area contributed by atoms with Gasteiger partial charge in [0.25, 0.3) is 0 Å². The van der Waals surface area contributed by atoms with Crippen molar-refractivity contribution in [3.05, 3.63) is 23.9 Å². The number of pyridine rings is 1. The normalized spacial score (nSPS) is 19.9. The lowest BCUT2D eigenvalue weighted by atomic mass is 10.2. The molecule has 1 aromatic rings. The molecule has 0 saturated carbocycles. The maximum Gasteiger partial charge on any atom is 0.213 e. The molecule has 88 valence electrons. The van der Waals surface area contributed by atoms with E-state index in [1.54, 1.807) is 6.20 Å². The molecule has 2 rings (SSSR count). The smallest absolute Gasteiger partial charge is 0.213 e. The van der Waals surface area contributed by atoms with Crippen molar-refractivity contribution in [3.63, 3.8) is 0 Å². The van der Waals surface area contributed by atoms with Gasteiger partial charge in [-0.25, -0.2) is 4.98 Å². The third kappa shape index (κ3) is 3.18. The molecule has 0 amide bonds. The minimum atomic E-state index is 0.531. The van der Waals surface area contributed by atoms with Crippen molar-refractivity contribution in [2.75, 3.05) is 13.2 Å². The Hall–Kier alpha value is -1.13. The van der Waals surface area contributed by atoms with Gasteiger partial charge < -0.3 is 15.8 Å². The monoisotopic (exact) mass is 221 g/mol. The van der Waals surface area contributed by atoms with E-state index < -0.39 is 0 Å². The van der Waals surface area contributed by atoms with E-state index in [2.05, 4.69) is 10.3 Å². The zero-order valence-electron chi connectivity index (χ0n) is 9.48. The number of ether oxygens (including phenoxy) is 1. The highest BCUT2D eigenvalue weighted by Crippen LogP contribution is 2.12. The Morgan fingerprint density at radius 2 is 2.50 bits per heavy atom. The number of aromatic nitrogens is 1. The number of nitrogens with one attached hydrogen (secondary N) is 1. The van der Waals surface area contributed by atoms with Crippen LogP contribution in [0.4, 0.5) is 0 Å². The van der Waals surface area contributed by atoms with Gasteiger partial charge in [-0.3, -0.25) is 0 Å². The van der Waals surface area contributed by atoms with E-state index in [-0.39, 0.29) is 0 Å². The zero-order chi connectivity index (χ0) is 11.2. The summed E-state index contributed by atoms with van der Waals surface area (Å²) in [5.41, 5.74) is 6.61. The Labute approximate surface area is 96.2 Å². The summed E-state index contributed by atoms with van der Waals surface area (Å²) in [6.07, 6.45) is 5.34. The molecule has 3 N–H and O–H groups in total. The van der Waals surface area contributed by atoms with Crippen molar-refractivity contribution < 1.29 is 4.74 Å². The van der Waals surface area contributed by atoms with Gasteiger partial charge in [-0.15, -0.1) is 0 Å². The number of hydrogen-bond acceptors (Lipinski definition) is 4. The van der Waals surface area contributed by atoms with Crippen molar-refractivity contribution in [2.24, 2.45) is 5.73 Å². The highest BCUT2D eigenvalue weighted by molar-refractivity contribution is 5.19. The summed E-state index contributed by atoms with van der Waals surface area (Å²) in [6, 6.07) is 4.44. The summed E-state index contributed by atoms with van der Waals surface area (Å²) in [5.74, 6) is 0.681. The zero-order valence-corrected chi connectivity index (χ0v) is 9.48. The van der Waals surface area contributed by atoms with Gasteiger partial charge in [0, 0.05) is 24.8 Å². The molecule has 4 nitrogen and oxygen atoms in total. The van der Waals surface area contributed by atoms with Crippen LogP contribution in [-0.2, 0) is 6.54 Å². The molecule has 4 heteroatoms. The standard InChI is InChI=1S/C12H19N3O/c13-9-10-3-6-15-12(8-10)16-7-4-11-2-1-5-14-11/h3,6,8,11,14H,1-2,4-5,7,9,13H2. The number of nitrogens with two attached hydrogens (primary N) is 1. The molecule has 1 aliphatic rings. The lowest BCUT2D eigenvalue weighted by Gasteiger charge is -2.10. The minimum absolute atomic E-state index is 0.531. The van der Waals surface area contributed by atoms with Crippen molar-refractivity contribution >= 4 is 0 Å². The van der Waals surface area contributed by atoms with E-state index in [0.717, 1.165) is 25.1 Å². The third-order valence-electron chi connectivity index (χ3n) is 2.91. The van der Waals surface area contributed by atoms with Gasteiger partial charge in [-0.1, -0.05) is 0 Å². The Morgan fingerprint density at radius 3 is 3.25 bits per heavy atom. The second-order valence-electron chi connectivity index (χ2n) is 4.14. The van der Waals surface area contributed by atoms with Crippen LogP contribution < -0.4 is 15.8 Å². The highest BCUT2D eigenvalue weighted by Gasteiger charge is 2.13. The van der Waals surface area contributed by atoms with Crippen molar-refractivity contribution in [1.29, 1.82) is 0 Å². The summed E-state index contributed by atoms with van der Waals surface area (Å²) in [7, 11) is 0. The molecule has 2 heterocycles. The predicted molar refractivity (Wildman–Crippen MR) is 63.3 cm³/mol. The summed E-state index contributed by atoms with van der Waals surface area (Å²) >= 11 is 0. The third-order valence-corrected chi connectivity index (χ3v) is 2.91.